The van der Waals surface area contributed by atoms with Crippen LogP contribution in [0.2, 0.25) is 0 Å². The van der Waals surface area contributed by atoms with Crippen LogP contribution >= 0.6 is 15.9 Å². The van der Waals surface area contributed by atoms with Crippen LogP contribution in [0.3, 0.4) is 0 Å². The summed E-state index contributed by atoms with van der Waals surface area (Å²) in [6.07, 6.45) is 4.04. The van der Waals surface area contributed by atoms with Crippen molar-refractivity contribution >= 4 is 26.0 Å². The number of ether oxygens (including phenoxy) is 1. The molecular formula is C12H16BrNO3S. The third-order valence-corrected chi connectivity index (χ3v) is 5.28. The number of benzene rings is 1. The van der Waals surface area contributed by atoms with Crippen LogP contribution in [0.5, 0.6) is 5.75 Å². The topological polar surface area (TPSA) is 55.4 Å². The van der Waals surface area contributed by atoms with E-state index in [9.17, 15) is 8.42 Å². The highest BCUT2D eigenvalue weighted by atomic mass is 79.9. The van der Waals surface area contributed by atoms with Gasteiger partial charge in [0, 0.05) is 12.1 Å². The molecule has 0 atom stereocenters. The normalized spacial score (nSPS) is 17.0. The molecule has 0 unspecified atom stereocenters. The van der Waals surface area contributed by atoms with E-state index in [2.05, 4.69) is 20.7 Å². The molecule has 18 heavy (non-hydrogen) atoms. The molecule has 1 saturated carbocycles. The number of nitrogens with one attached hydrogen (secondary N) is 1. The van der Waals surface area contributed by atoms with Gasteiger partial charge < -0.3 is 4.74 Å². The van der Waals surface area contributed by atoms with E-state index in [4.69, 9.17) is 4.74 Å². The molecular weight excluding hydrogens is 318 g/mol. The highest BCUT2D eigenvalue weighted by Gasteiger charge is 2.23. The summed E-state index contributed by atoms with van der Waals surface area (Å²) in [5.74, 6) is 0.518. The molecule has 1 aliphatic carbocycles. The Morgan fingerprint density at radius 2 is 2.00 bits per heavy atom. The smallest absolute Gasteiger partial charge is 0.240 e. The van der Waals surface area contributed by atoms with Gasteiger partial charge in [-0.25, -0.2) is 13.1 Å². The SMILES string of the molecule is COc1cc(S(=O)(=O)NC2CCCC2)ccc1Br. The molecule has 0 aliphatic heterocycles. The molecule has 0 aromatic heterocycles. The summed E-state index contributed by atoms with van der Waals surface area (Å²) in [6.45, 7) is 0. The van der Waals surface area contributed by atoms with Crippen LogP contribution in [0.15, 0.2) is 27.6 Å². The second-order valence-corrected chi connectivity index (χ2v) is 6.97. The molecule has 1 aliphatic rings. The van der Waals surface area contributed by atoms with Gasteiger partial charge in [0.1, 0.15) is 5.75 Å². The van der Waals surface area contributed by atoms with Gasteiger partial charge in [-0.1, -0.05) is 12.8 Å². The first-order valence-electron chi connectivity index (χ1n) is 5.89. The lowest BCUT2D eigenvalue weighted by Gasteiger charge is -2.13. The van der Waals surface area contributed by atoms with Crippen molar-refractivity contribution in [1.82, 2.24) is 4.72 Å². The number of hydrogen-bond donors (Lipinski definition) is 1. The predicted molar refractivity (Wildman–Crippen MR) is 73.3 cm³/mol. The Balaban J connectivity index is 2.23. The van der Waals surface area contributed by atoms with E-state index in [1.165, 1.54) is 13.2 Å². The van der Waals surface area contributed by atoms with Crippen LogP contribution in [-0.2, 0) is 10.0 Å². The van der Waals surface area contributed by atoms with Crippen LogP contribution in [0, 0.1) is 0 Å². The molecule has 100 valence electrons. The van der Waals surface area contributed by atoms with Gasteiger partial charge in [-0.05, 0) is 40.9 Å². The van der Waals surface area contributed by atoms with Gasteiger partial charge in [0.15, 0.2) is 0 Å². The molecule has 0 spiro atoms. The van der Waals surface area contributed by atoms with Crippen LogP contribution in [-0.4, -0.2) is 21.6 Å². The Morgan fingerprint density at radius 3 is 2.61 bits per heavy atom. The molecule has 4 nitrogen and oxygen atoms in total. The van der Waals surface area contributed by atoms with Crippen LogP contribution in [0.1, 0.15) is 25.7 Å². The molecule has 0 heterocycles. The molecule has 1 N–H and O–H groups in total. The lowest BCUT2D eigenvalue weighted by atomic mass is 10.3. The largest absolute Gasteiger partial charge is 0.496 e. The summed E-state index contributed by atoms with van der Waals surface area (Å²) in [4.78, 5) is 0.245. The average Bonchev–Trinajstić information content (AvgIpc) is 2.81. The van der Waals surface area contributed by atoms with Crippen molar-refractivity contribution in [3.8, 4) is 5.75 Å². The number of methoxy groups -OCH3 is 1. The van der Waals surface area contributed by atoms with Crippen molar-refractivity contribution in [3.63, 3.8) is 0 Å². The summed E-state index contributed by atoms with van der Waals surface area (Å²) >= 11 is 3.31. The maximum absolute atomic E-state index is 12.2. The second kappa shape index (κ2) is 5.59. The first-order valence-corrected chi connectivity index (χ1v) is 8.16. The van der Waals surface area contributed by atoms with E-state index in [-0.39, 0.29) is 10.9 Å². The number of hydrogen-bond acceptors (Lipinski definition) is 3. The monoisotopic (exact) mass is 333 g/mol. The zero-order valence-electron chi connectivity index (χ0n) is 10.1. The summed E-state index contributed by atoms with van der Waals surface area (Å²) in [7, 11) is -1.93. The minimum absolute atomic E-state index is 0.0737. The van der Waals surface area contributed by atoms with Gasteiger partial charge >= 0.3 is 0 Å². The van der Waals surface area contributed by atoms with Crippen LogP contribution in [0.25, 0.3) is 0 Å². The van der Waals surface area contributed by atoms with Crippen LogP contribution < -0.4 is 9.46 Å². The zero-order valence-corrected chi connectivity index (χ0v) is 12.6. The molecule has 0 saturated heterocycles. The zero-order chi connectivity index (χ0) is 13.2. The second-order valence-electron chi connectivity index (χ2n) is 4.40. The Hall–Kier alpha value is -0.590. The molecule has 1 aromatic carbocycles. The number of halogens is 1. The quantitative estimate of drug-likeness (QED) is 0.921. The van der Waals surface area contributed by atoms with Crippen molar-refractivity contribution in [2.45, 2.75) is 36.6 Å². The minimum Gasteiger partial charge on any atom is -0.496 e. The van der Waals surface area contributed by atoms with E-state index >= 15 is 0 Å². The Labute approximate surface area is 116 Å². The van der Waals surface area contributed by atoms with Gasteiger partial charge in [0.05, 0.1) is 16.5 Å². The van der Waals surface area contributed by atoms with E-state index in [0.29, 0.717) is 5.75 Å². The Kier molecular flexibility index (Phi) is 4.29. The van der Waals surface area contributed by atoms with E-state index < -0.39 is 10.0 Å². The number of sulfonamides is 1. The predicted octanol–water partition coefficient (Wildman–Crippen LogP) is 2.68. The summed E-state index contributed by atoms with van der Waals surface area (Å²) < 4.78 is 33.0. The van der Waals surface area contributed by atoms with Gasteiger partial charge in [-0.2, -0.15) is 0 Å². The maximum atomic E-state index is 12.2. The molecule has 0 amide bonds. The van der Waals surface area contributed by atoms with Crippen molar-refractivity contribution in [2.24, 2.45) is 0 Å². The molecule has 0 radical (unpaired) electrons. The summed E-state index contributed by atoms with van der Waals surface area (Å²) in [5.41, 5.74) is 0. The van der Waals surface area contributed by atoms with Crippen molar-refractivity contribution in [1.29, 1.82) is 0 Å². The lowest BCUT2D eigenvalue weighted by Crippen LogP contribution is -2.32. The van der Waals surface area contributed by atoms with Gasteiger partial charge in [0.2, 0.25) is 10.0 Å². The standard InChI is InChI=1S/C12H16BrNO3S/c1-17-12-8-10(6-7-11(12)13)18(15,16)14-9-4-2-3-5-9/h6-9,14H,2-5H2,1H3. The fraction of sp³-hybridized carbons (Fsp3) is 0.500. The molecule has 1 fully saturated rings. The van der Waals surface area contributed by atoms with Crippen molar-refractivity contribution in [2.75, 3.05) is 7.11 Å². The summed E-state index contributed by atoms with van der Waals surface area (Å²) in [6, 6.07) is 4.86. The fourth-order valence-electron chi connectivity index (χ4n) is 2.14. The van der Waals surface area contributed by atoms with Gasteiger partial charge in [0.25, 0.3) is 0 Å². The van der Waals surface area contributed by atoms with Gasteiger partial charge in [-0.3, -0.25) is 0 Å². The van der Waals surface area contributed by atoms with E-state index in [1.54, 1.807) is 12.1 Å². The Bertz CT molecular complexity index is 524. The van der Waals surface area contributed by atoms with E-state index in [1.807, 2.05) is 0 Å². The molecule has 6 heteroatoms. The highest BCUT2D eigenvalue weighted by Crippen LogP contribution is 2.28. The Morgan fingerprint density at radius 1 is 1.33 bits per heavy atom. The molecule has 1 aromatic rings. The summed E-state index contributed by atoms with van der Waals surface area (Å²) in [5, 5.41) is 0. The van der Waals surface area contributed by atoms with Gasteiger partial charge in [-0.15, -0.1) is 0 Å². The third kappa shape index (κ3) is 3.05. The third-order valence-electron chi connectivity index (χ3n) is 3.11. The highest BCUT2D eigenvalue weighted by molar-refractivity contribution is 9.10. The minimum atomic E-state index is -3.44. The maximum Gasteiger partial charge on any atom is 0.240 e. The average molecular weight is 334 g/mol. The van der Waals surface area contributed by atoms with Crippen molar-refractivity contribution in [3.05, 3.63) is 22.7 Å². The lowest BCUT2D eigenvalue weighted by molar-refractivity contribution is 0.410. The van der Waals surface area contributed by atoms with Crippen LogP contribution in [0.4, 0.5) is 0 Å². The molecule has 2 rings (SSSR count). The first kappa shape index (κ1) is 13.8. The number of rotatable bonds is 4. The fourth-order valence-corrected chi connectivity index (χ4v) is 3.87. The van der Waals surface area contributed by atoms with Crippen molar-refractivity contribution < 1.29 is 13.2 Å². The first-order chi connectivity index (χ1) is 8.53. The van der Waals surface area contributed by atoms with E-state index in [0.717, 1.165) is 30.2 Å². The molecule has 0 bridgehead atoms.